The van der Waals surface area contributed by atoms with E-state index in [0.717, 1.165) is 6.08 Å². The predicted molar refractivity (Wildman–Crippen MR) is 52.3 cm³/mol. The first kappa shape index (κ1) is 15.2. The fraction of sp³-hybridized carbons (Fsp3) is 0.667. The average molecular weight is 236 g/mol. The second kappa shape index (κ2) is 6.69. The third-order valence-corrected chi connectivity index (χ3v) is 2.06. The summed E-state index contributed by atoms with van der Waals surface area (Å²) in [7, 11) is 0. The van der Waals surface area contributed by atoms with Crippen molar-refractivity contribution in [3.05, 3.63) is 12.7 Å². The minimum absolute atomic E-state index is 0.840. The van der Waals surface area contributed by atoms with Gasteiger partial charge in [-0.2, -0.15) is 0 Å². The van der Waals surface area contributed by atoms with Gasteiger partial charge in [0, 0.05) is 0 Å². The first-order valence-corrected chi connectivity index (χ1v) is 4.54. The van der Waals surface area contributed by atoms with E-state index in [2.05, 4.69) is 6.58 Å². The molecule has 0 saturated heterocycles. The number of hydrogen-bond donors (Lipinski definition) is 6. The highest BCUT2D eigenvalue weighted by Gasteiger charge is 2.35. The van der Waals surface area contributed by atoms with E-state index in [1.165, 1.54) is 0 Å². The molecule has 7 nitrogen and oxygen atoms in total. The summed E-state index contributed by atoms with van der Waals surface area (Å²) in [6, 6.07) is 0. The van der Waals surface area contributed by atoms with Crippen LogP contribution in [0.15, 0.2) is 12.7 Å². The molecule has 16 heavy (non-hydrogen) atoms. The highest BCUT2D eigenvalue weighted by Crippen LogP contribution is 2.08. The van der Waals surface area contributed by atoms with Crippen LogP contribution in [0.2, 0.25) is 0 Å². The van der Waals surface area contributed by atoms with Crippen molar-refractivity contribution in [2.75, 3.05) is 6.61 Å². The number of carbonyl (C=O) groups excluding carboxylic acids is 1. The lowest BCUT2D eigenvalue weighted by atomic mass is 9.98. The number of aliphatic hydroxyl groups excluding tert-OH is 6. The van der Waals surface area contributed by atoms with Crippen molar-refractivity contribution in [3.8, 4) is 0 Å². The first-order valence-electron chi connectivity index (χ1n) is 4.54. The quantitative estimate of drug-likeness (QED) is 0.252. The van der Waals surface area contributed by atoms with Crippen molar-refractivity contribution < 1.29 is 35.4 Å². The molecule has 0 aromatic rings. The molecule has 0 saturated carbocycles. The van der Waals surface area contributed by atoms with Crippen LogP contribution in [-0.4, -0.2) is 73.5 Å². The summed E-state index contributed by atoms with van der Waals surface area (Å²) in [6.07, 6.45) is -8.52. The Morgan fingerprint density at radius 2 is 1.62 bits per heavy atom. The molecule has 0 radical (unpaired) electrons. The Labute approximate surface area is 91.9 Å². The topological polar surface area (TPSA) is 138 Å². The normalized spacial score (nSPS) is 20.6. The maximum Gasteiger partial charge on any atom is 0.196 e. The van der Waals surface area contributed by atoms with Crippen molar-refractivity contribution >= 4 is 5.78 Å². The zero-order valence-corrected chi connectivity index (χ0v) is 8.47. The summed E-state index contributed by atoms with van der Waals surface area (Å²) in [6.45, 7) is 2.26. The van der Waals surface area contributed by atoms with Crippen LogP contribution >= 0.6 is 0 Å². The van der Waals surface area contributed by atoms with Gasteiger partial charge in [0.05, 0.1) is 6.61 Å². The minimum Gasteiger partial charge on any atom is -0.394 e. The molecule has 0 aliphatic heterocycles. The van der Waals surface area contributed by atoms with E-state index in [9.17, 15) is 20.1 Å². The van der Waals surface area contributed by atoms with Crippen LogP contribution in [0.25, 0.3) is 0 Å². The molecule has 0 aromatic heterocycles. The number of ketones is 1. The molecule has 7 heteroatoms. The number of Topliss-reactive ketones (excluding diaryl/α,β-unsaturated/α-hetero) is 1. The summed E-state index contributed by atoms with van der Waals surface area (Å²) in [4.78, 5) is 11.1. The van der Waals surface area contributed by atoms with Gasteiger partial charge < -0.3 is 30.6 Å². The van der Waals surface area contributed by atoms with E-state index in [4.69, 9.17) is 15.3 Å². The van der Waals surface area contributed by atoms with Crippen molar-refractivity contribution in [1.82, 2.24) is 0 Å². The zero-order chi connectivity index (χ0) is 12.9. The Bertz CT molecular complexity index is 242. The Morgan fingerprint density at radius 3 is 2.00 bits per heavy atom. The SMILES string of the molecule is C=CC(O)C(=O)[C@H](O)[C@@H](O)[C@H](O)[C@H](O)CO. The molecule has 0 bridgehead atoms. The minimum atomic E-state index is -2.08. The molecule has 94 valence electrons. The number of carbonyl (C=O) groups is 1. The van der Waals surface area contributed by atoms with Crippen molar-refractivity contribution in [2.24, 2.45) is 0 Å². The van der Waals surface area contributed by atoms with Crippen LogP contribution in [0.1, 0.15) is 0 Å². The van der Waals surface area contributed by atoms with Gasteiger partial charge in [-0.1, -0.05) is 6.08 Å². The monoisotopic (exact) mass is 236 g/mol. The predicted octanol–water partition coefficient (Wildman–Crippen LogP) is -3.46. The summed E-state index contributed by atoms with van der Waals surface area (Å²) < 4.78 is 0. The molecule has 0 fully saturated rings. The van der Waals surface area contributed by atoms with E-state index in [1.54, 1.807) is 0 Å². The Balaban J connectivity index is 4.54. The number of rotatable bonds is 7. The lowest BCUT2D eigenvalue weighted by molar-refractivity contribution is -0.152. The van der Waals surface area contributed by atoms with E-state index < -0.39 is 42.9 Å². The van der Waals surface area contributed by atoms with Crippen LogP contribution in [0.3, 0.4) is 0 Å². The molecule has 0 amide bonds. The molecular formula is C9H16O7. The molecular weight excluding hydrogens is 220 g/mol. The molecule has 0 aromatic carbocycles. The smallest absolute Gasteiger partial charge is 0.196 e. The van der Waals surface area contributed by atoms with Crippen molar-refractivity contribution in [2.45, 2.75) is 30.5 Å². The number of hydrogen-bond acceptors (Lipinski definition) is 7. The third kappa shape index (κ3) is 3.63. The van der Waals surface area contributed by atoms with Gasteiger partial charge in [-0.05, 0) is 0 Å². The standard InChI is InChI=1S/C9H16O7/c1-2-4(11)6(13)8(15)9(16)7(14)5(12)3-10/h2,4-5,7-12,14-16H,1,3H2/t4?,5-,7-,8+,9+/m1/s1. The van der Waals surface area contributed by atoms with Gasteiger partial charge in [-0.25, -0.2) is 0 Å². The molecule has 0 rings (SSSR count). The van der Waals surface area contributed by atoms with Gasteiger partial charge in [0.1, 0.15) is 30.5 Å². The molecule has 1 unspecified atom stereocenters. The van der Waals surface area contributed by atoms with E-state index in [-0.39, 0.29) is 0 Å². The fourth-order valence-electron chi connectivity index (χ4n) is 0.982. The fourth-order valence-corrected chi connectivity index (χ4v) is 0.982. The summed E-state index contributed by atoms with van der Waals surface area (Å²) in [5.41, 5.74) is 0. The Hall–Kier alpha value is -0.830. The highest BCUT2D eigenvalue weighted by atomic mass is 16.4. The lowest BCUT2D eigenvalue weighted by Crippen LogP contribution is -2.50. The zero-order valence-electron chi connectivity index (χ0n) is 8.47. The van der Waals surface area contributed by atoms with Crippen LogP contribution in [0, 0.1) is 0 Å². The Morgan fingerprint density at radius 1 is 1.12 bits per heavy atom. The van der Waals surface area contributed by atoms with Crippen molar-refractivity contribution in [3.63, 3.8) is 0 Å². The van der Waals surface area contributed by atoms with Crippen molar-refractivity contribution in [1.29, 1.82) is 0 Å². The second-order valence-corrected chi connectivity index (χ2v) is 3.26. The largest absolute Gasteiger partial charge is 0.394 e. The molecule has 6 N–H and O–H groups in total. The molecule has 0 aliphatic carbocycles. The first-order chi connectivity index (χ1) is 7.36. The summed E-state index contributed by atoms with van der Waals surface area (Å²) >= 11 is 0. The van der Waals surface area contributed by atoms with Gasteiger partial charge in [-0.15, -0.1) is 6.58 Å². The number of aliphatic hydroxyl groups is 6. The Kier molecular flexibility index (Phi) is 6.34. The van der Waals surface area contributed by atoms with E-state index >= 15 is 0 Å². The maximum absolute atomic E-state index is 11.1. The van der Waals surface area contributed by atoms with Crippen LogP contribution in [-0.2, 0) is 4.79 Å². The van der Waals surface area contributed by atoms with Crippen LogP contribution < -0.4 is 0 Å². The second-order valence-electron chi connectivity index (χ2n) is 3.26. The van der Waals surface area contributed by atoms with E-state index in [1.807, 2.05) is 0 Å². The molecule has 5 atom stereocenters. The van der Waals surface area contributed by atoms with Crippen LogP contribution in [0.5, 0.6) is 0 Å². The highest BCUT2D eigenvalue weighted by molar-refractivity contribution is 5.89. The van der Waals surface area contributed by atoms with Gasteiger partial charge in [-0.3, -0.25) is 4.79 Å². The van der Waals surface area contributed by atoms with Gasteiger partial charge in [0.2, 0.25) is 0 Å². The van der Waals surface area contributed by atoms with Gasteiger partial charge >= 0.3 is 0 Å². The maximum atomic E-state index is 11.1. The third-order valence-electron chi connectivity index (χ3n) is 2.06. The van der Waals surface area contributed by atoms with Crippen LogP contribution in [0.4, 0.5) is 0 Å². The van der Waals surface area contributed by atoms with E-state index in [0.29, 0.717) is 0 Å². The summed E-state index contributed by atoms with van der Waals surface area (Å²) in [5, 5.41) is 54.1. The molecule has 0 spiro atoms. The summed E-state index contributed by atoms with van der Waals surface area (Å²) in [5.74, 6) is -1.16. The molecule has 0 heterocycles. The average Bonchev–Trinajstić information content (AvgIpc) is 2.32. The molecule has 0 aliphatic rings. The van der Waals surface area contributed by atoms with Gasteiger partial charge in [0.15, 0.2) is 5.78 Å². The van der Waals surface area contributed by atoms with Gasteiger partial charge in [0.25, 0.3) is 0 Å². The lowest BCUT2D eigenvalue weighted by Gasteiger charge is -2.25.